The number of nitrogens with zero attached hydrogens (tertiary/aromatic N) is 1. The van der Waals surface area contributed by atoms with E-state index >= 15 is 0 Å². The maximum absolute atomic E-state index is 11.6. The van der Waals surface area contributed by atoms with Crippen LogP contribution in [0.2, 0.25) is 0 Å². The van der Waals surface area contributed by atoms with Crippen molar-refractivity contribution in [3.63, 3.8) is 0 Å². The van der Waals surface area contributed by atoms with Gasteiger partial charge in [0.25, 0.3) is 5.69 Å². The third-order valence-electron chi connectivity index (χ3n) is 2.82. The lowest BCUT2D eigenvalue weighted by atomic mass is 10.1. The van der Waals surface area contributed by atoms with Crippen molar-refractivity contribution in [3.8, 4) is 0 Å². The molecule has 0 saturated carbocycles. The summed E-state index contributed by atoms with van der Waals surface area (Å²) < 4.78 is 0. The molecule has 0 fully saturated rings. The zero-order chi connectivity index (χ0) is 14.5. The van der Waals surface area contributed by atoms with Gasteiger partial charge in [-0.1, -0.05) is 42.5 Å². The zero-order valence-corrected chi connectivity index (χ0v) is 10.5. The SMILES string of the molecule is NC(=O)C(Nc1ccccc1[N+](=O)[O-])c1ccccc1. The van der Waals surface area contributed by atoms with E-state index in [4.69, 9.17) is 5.73 Å². The van der Waals surface area contributed by atoms with Gasteiger partial charge in [0.2, 0.25) is 5.91 Å². The summed E-state index contributed by atoms with van der Waals surface area (Å²) in [6, 6.07) is 14.1. The van der Waals surface area contributed by atoms with Crippen LogP contribution in [-0.4, -0.2) is 10.8 Å². The van der Waals surface area contributed by atoms with Crippen molar-refractivity contribution in [1.29, 1.82) is 0 Å². The van der Waals surface area contributed by atoms with E-state index in [2.05, 4.69) is 5.32 Å². The molecule has 2 aromatic carbocycles. The first-order chi connectivity index (χ1) is 9.59. The number of nitrogens with one attached hydrogen (secondary N) is 1. The maximum atomic E-state index is 11.6. The fraction of sp³-hybridized carbons (Fsp3) is 0.0714. The molecule has 20 heavy (non-hydrogen) atoms. The van der Waals surface area contributed by atoms with Gasteiger partial charge in [0.15, 0.2) is 0 Å². The predicted octanol–water partition coefficient (Wildman–Crippen LogP) is 2.23. The lowest BCUT2D eigenvalue weighted by molar-refractivity contribution is -0.384. The van der Waals surface area contributed by atoms with Crippen LogP contribution in [0.1, 0.15) is 11.6 Å². The monoisotopic (exact) mass is 271 g/mol. The summed E-state index contributed by atoms with van der Waals surface area (Å²) in [7, 11) is 0. The smallest absolute Gasteiger partial charge is 0.292 e. The highest BCUT2D eigenvalue weighted by Crippen LogP contribution is 2.27. The number of carbonyl (C=O) groups is 1. The molecule has 0 aliphatic carbocycles. The maximum Gasteiger partial charge on any atom is 0.292 e. The Bertz CT molecular complexity index is 629. The molecule has 1 amide bonds. The van der Waals surface area contributed by atoms with Gasteiger partial charge in [0.05, 0.1) is 4.92 Å². The van der Waals surface area contributed by atoms with Crippen LogP contribution in [0.25, 0.3) is 0 Å². The Morgan fingerprint density at radius 2 is 1.70 bits per heavy atom. The Morgan fingerprint density at radius 3 is 2.30 bits per heavy atom. The number of nitro groups is 1. The molecule has 6 nitrogen and oxygen atoms in total. The van der Waals surface area contributed by atoms with E-state index in [1.54, 1.807) is 36.4 Å². The number of para-hydroxylation sites is 2. The third kappa shape index (κ3) is 2.92. The van der Waals surface area contributed by atoms with Crippen molar-refractivity contribution in [1.82, 2.24) is 0 Å². The third-order valence-corrected chi connectivity index (χ3v) is 2.82. The van der Waals surface area contributed by atoms with E-state index in [-0.39, 0.29) is 11.4 Å². The fourth-order valence-electron chi connectivity index (χ4n) is 1.87. The molecule has 6 heteroatoms. The van der Waals surface area contributed by atoms with E-state index < -0.39 is 16.9 Å². The van der Waals surface area contributed by atoms with Crippen molar-refractivity contribution in [2.24, 2.45) is 5.73 Å². The average molecular weight is 271 g/mol. The summed E-state index contributed by atoms with van der Waals surface area (Å²) in [5.41, 5.74) is 6.18. The molecule has 0 aromatic heterocycles. The van der Waals surface area contributed by atoms with E-state index in [1.807, 2.05) is 6.07 Å². The summed E-state index contributed by atoms with van der Waals surface area (Å²) in [4.78, 5) is 22.0. The normalized spacial score (nSPS) is 11.6. The summed E-state index contributed by atoms with van der Waals surface area (Å²) in [6.07, 6.45) is 0. The number of primary amides is 1. The number of anilines is 1. The quantitative estimate of drug-likeness (QED) is 0.643. The second kappa shape index (κ2) is 5.83. The van der Waals surface area contributed by atoms with E-state index in [9.17, 15) is 14.9 Å². The number of carbonyl (C=O) groups excluding carboxylic acids is 1. The van der Waals surface area contributed by atoms with E-state index in [1.165, 1.54) is 12.1 Å². The summed E-state index contributed by atoms with van der Waals surface area (Å²) in [5, 5.41) is 13.8. The Morgan fingerprint density at radius 1 is 1.10 bits per heavy atom. The molecule has 0 aliphatic rings. The average Bonchev–Trinajstić information content (AvgIpc) is 2.45. The standard InChI is InChI=1S/C14H13N3O3/c15-14(18)13(10-6-2-1-3-7-10)16-11-8-4-5-9-12(11)17(19)20/h1-9,13,16H,(H2,15,18). The van der Waals surface area contributed by atoms with E-state index in [0.29, 0.717) is 5.56 Å². The number of benzene rings is 2. The highest BCUT2D eigenvalue weighted by molar-refractivity contribution is 5.85. The van der Waals surface area contributed by atoms with Crippen molar-refractivity contribution in [2.45, 2.75) is 6.04 Å². The van der Waals surface area contributed by atoms with Gasteiger partial charge < -0.3 is 11.1 Å². The minimum absolute atomic E-state index is 0.102. The Kier molecular flexibility index (Phi) is 3.95. The van der Waals surface area contributed by atoms with Crippen molar-refractivity contribution < 1.29 is 9.72 Å². The number of hydrogen-bond donors (Lipinski definition) is 2. The highest BCUT2D eigenvalue weighted by atomic mass is 16.6. The second-order valence-corrected chi connectivity index (χ2v) is 4.16. The molecule has 2 aromatic rings. The van der Waals surface area contributed by atoms with Gasteiger partial charge in [-0.05, 0) is 11.6 Å². The largest absolute Gasteiger partial charge is 0.368 e. The Balaban J connectivity index is 2.35. The predicted molar refractivity (Wildman–Crippen MR) is 75.1 cm³/mol. The minimum atomic E-state index is -0.822. The number of hydrogen-bond acceptors (Lipinski definition) is 4. The number of amides is 1. The molecule has 0 heterocycles. The van der Waals surface area contributed by atoms with Gasteiger partial charge in [-0.25, -0.2) is 0 Å². The summed E-state index contributed by atoms with van der Waals surface area (Å²) >= 11 is 0. The van der Waals surface area contributed by atoms with Crippen LogP contribution in [0, 0.1) is 10.1 Å². The van der Waals surface area contributed by atoms with Crippen LogP contribution in [0.4, 0.5) is 11.4 Å². The van der Waals surface area contributed by atoms with Gasteiger partial charge in [0, 0.05) is 6.07 Å². The molecule has 2 rings (SSSR count). The molecule has 0 saturated heterocycles. The molecule has 0 radical (unpaired) electrons. The van der Waals surface area contributed by atoms with E-state index in [0.717, 1.165) is 0 Å². The fourth-order valence-corrected chi connectivity index (χ4v) is 1.87. The highest BCUT2D eigenvalue weighted by Gasteiger charge is 2.21. The number of nitrogens with two attached hydrogens (primary N) is 1. The first-order valence-electron chi connectivity index (χ1n) is 5.94. The van der Waals surface area contributed by atoms with Gasteiger partial charge in [-0.2, -0.15) is 0 Å². The van der Waals surface area contributed by atoms with Crippen LogP contribution >= 0.6 is 0 Å². The van der Waals surface area contributed by atoms with Crippen molar-refractivity contribution in [3.05, 3.63) is 70.3 Å². The molecule has 0 spiro atoms. The Labute approximate surface area is 115 Å². The number of nitro benzene ring substituents is 1. The zero-order valence-electron chi connectivity index (χ0n) is 10.5. The van der Waals surface area contributed by atoms with Crippen LogP contribution < -0.4 is 11.1 Å². The topological polar surface area (TPSA) is 98.3 Å². The van der Waals surface area contributed by atoms with Gasteiger partial charge in [-0.15, -0.1) is 0 Å². The molecule has 0 aliphatic heterocycles. The second-order valence-electron chi connectivity index (χ2n) is 4.16. The van der Waals surface area contributed by atoms with Gasteiger partial charge in [0.1, 0.15) is 11.7 Å². The van der Waals surface area contributed by atoms with Crippen LogP contribution in [0.15, 0.2) is 54.6 Å². The van der Waals surface area contributed by atoms with Crippen LogP contribution in [0.3, 0.4) is 0 Å². The molecular formula is C14H13N3O3. The first-order valence-corrected chi connectivity index (χ1v) is 5.94. The Hall–Kier alpha value is -2.89. The summed E-state index contributed by atoms with van der Waals surface area (Å²) in [5.74, 6) is -0.602. The van der Waals surface area contributed by atoms with Gasteiger partial charge in [-0.3, -0.25) is 14.9 Å². The van der Waals surface area contributed by atoms with Crippen molar-refractivity contribution >= 4 is 17.3 Å². The molecule has 1 unspecified atom stereocenters. The molecule has 1 atom stereocenters. The molecule has 0 bridgehead atoms. The lowest BCUT2D eigenvalue weighted by Gasteiger charge is -2.17. The number of rotatable bonds is 5. The van der Waals surface area contributed by atoms with Crippen LogP contribution in [0.5, 0.6) is 0 Å². The molecular weight excluding hydrogens is 258 g/mol. The first kappa shape index (κ1) is 13.5. The van der Waals surface area contributed by atoms with Gasteiger partial charge >= 0.3 is 0 Å². The summed E-state index contributed by atoms with van der Waals surface area (Å²) in [6.45, 7) is 0. The van der Waals surface area contributed by atoms with Crippen molar-refractivity contribution in [2.75, 3.05) is 5.32 Å². The van der Waals surface area contributed by atoms with Crippen LogP contribution in [-0.2, 0) is 4.79 Å². The molecule has 102 valence electrons. The molecule has 3 N–H and O–H groups in total. The lowest BCUT2D eigenvalue weighted by Crippen LogP contribution is -2.27. The minimum Gasteiger partial charge on any atom is -0.368 e.